The van der Waals surface area contributed by atoms with Gasteiger partial charge in [-0.2, -0.15) is 0 Å². The van der Waals surface area contributed by atoms with Crippen LogP contribution in [0.1, 0.15) is 36.1 Å². The summed E-state index contributed by atoms with van der Waals surface area (Å²) in [4.78, 5) is 11.2. The lowest BCUT2D eigenvalue weighted by Crippen LogP contribution is -2.49. The molecule has 1 N–H and O–H groups in total. The number of aromatic nitrogens is 1. The van der Waals surface area contributed by atoms with Crippen molar-refractivity contribution in [2.75, 3.05) is 39.3 Å². The standard InChI is InChI=1S/C15H26N4S.ClH/c1-12(2)15-17-9-14(20-15)11-18-6-3-13(10-18)19-7-4-16-5-8-19;/h9,12-13,16H,3-8,10-11H2,1-2H3;1H. The Balaban J connectivity index is 0.00000161. The summed E-state index contributed by atoms with van der Waals surface area (Å²) in [6, 6.07) is 0.773. The maximum absolute atomic E-state index is 4.54. The molecule has 6 heteroatoms. The van der Waals surface area contributed by atoms with Crippen LogP contribution < -0.4 is 5.32 Å². The van der Waals surface area contributed by atoms with Crippen molar-refractivity contribution in [3.63, 3.8) is 0 Å². The summed E-state index contributed by atoms with van der Waals surface area (Å²) in [5.74, 6) is 0.556. The number of nitrogens with zero attached hydrogens (tertiary/aromatic N) is 3. The first-order valence-corrected chi connectivity index (χ1v) is 8.66. The van der Waals surface area contributed by atoms with Gasteiger partial charge in [0, 0.05) is 68.8 Å². The maximum atomic E-state index is 4.54. The van der Waals surface area contributed by atoms with Crippen LogP contribution in [-0.4, -0.2) is 60.1 Å². The summed E-state index contributed by atoms with van der Waals surface area (Å²) in [7, 11) is 0. The van der Waals surface area contributed by atoms with Crippen molar-refractivity contribution in [1.82, 2.24) is 20.1 Å². The van der Waals surface area contributed by atoms with E-state index in [1.54, 1.807) is 0 Å². The number of rotatable bonds is 4. The molecule has 2 fully saturated rings. The van der Waals surface area contributed by atoms with E-state index in [0.29, 0.717) is 5.92 Å². The summed E-state index contributed by atoms with van der Waals surface area (Å²) in [6.45, 7) is 12.8. The second kappa shape index (κ2) is 7.88. The average Bonchev–Trinajstić information content (AvgIpc) is 3.10. The Labute approximate surface area is 138 Å². The molecule has 1 aromatic heterocycles. The summed E-state index contributed by atoms with van der Waals surface area (Å²) in [6.07, 6.45) is 3.41. The number of piperazine rings is 1. The van der Waals surface area contributed by atoms with Gasteiger partial charge in [-0.15, -0.1) is 23.7 Å². The average molecular weight is 331 g/mol. The second-order valence-electron chi connectivity index (χ2n) is 6.28. The van der Waals surface area contributed by atoms with Gasteiger partial charge in [0.05, 0.1) is 5.01 Å². The zero-order valence-corrected chi connectivity index (χ0v) is 14.7. The van der Waals surface area contributed by atoms with Gasteiger partial charge in [-0.3, -0.25) is 9.80 Å². The molecule has 4 nitrogen and oxygen atoms in total. The van der Waals surface area contributed by atoms with Crippen LogP contribution in [0.2, 0.25) is 0 Å². The molecule has 1 unspecified atom stereocenters. The van der Waals surface area contributed by atoms with Crippen LogP contribution >= 0.6 is 23.7 Å². The number of hydrogen-bond donors (Lipinski definition) is 1. The Morgan fingerprint density at radius 3 is 2.76 bits per heavy atom. The summed E-state index contributed by atoms with van der Waals surface area (Å²) >= 11 is 1.89. The zero-order valence-electron chi connectivity index (χ0n) is 13.0. The molecule has 3 rings (SSSR count). The van der Waals surface area contributed by atoms with Crippen LogP contribution in [0.15, 0.2) is 6.20 Å². The number of nitrogens with one attached hydrogen (secondary N) is 1. The molecule has 21 heavy (non-hydrogen) atoms. The van der Waals surface area contributed by atoms with Gasteiger partial charge in [-0.25, -0.2) is 4.98 Å². The van der Waals surface area contributed by atoms with Crippen LogP contribution in [0.5, 0.6) is 0 Å². The molecule has 0 aliphatic carbocycles. The highest BCUT2D eigenvalue weighted by Gasteiger charge is 2.28. The van der Waals surface area contributed by atoms with Crippen LogP contribution in [-0.2, 0) is 6.54 Å². The highest BCUT2D eigenvalue weighted by Crippen LogP contribution is 2.24. The molecule has 0 aromatic carbocycles. The van der Waals surface area contributed by atoms with Crippen molar-refractivity contribution < 1.29 is 0 Å². The molecule has 0 radical (unpaired) electrons. The molecule has 2 saturated heterocycles. The van der Waals surface area contributed by atoms with Gasteiger partial charge in [0.25, 0.3) is 0 Å². The number of likely N-dealkylation sites (tertiary alicyclic amines) is 1. The summed E-state index contributed by atoms with van der Waals surface area (Å²) in [5.41, 5.74) is 0. The van der Waals surface area contributed by atoms with Gasteiger partial charge < -0.3 is 5.32 Å². The number of hydrogen-bond acceptors (Lipinski definition) is 5. The van der Waals surface area contributed by atoms with E-state index in [-0.39, 0.29) is 12.4 Å². The zero-order chi connectivity index (χ0) is 13.9. The summed E-state index contributed by atoms with van der Waals surface area (Å²) in [5, 5.41) is 4.72. The Kier molecular flexibility index (Phi) is 6.44. The fraction of sp³-hybridized carbons (Fsp3) is 0.800. The van der Waals surface area contributed by atoms with E-state index in [1.807, 2.05) is 11.3 Å². The fourth-order valence-corrected chi connectivity index (χ4v) is 4.15. The third kappa shape index (κ3) is 4.39. The SMILES string of the molecule is CC(C)c1ncc(CN2CCC(N3CCNCC3)C2)s1.Cl. The molecule has 0 saturated carbocycles. The smallest absolute Gasteiger partial charge is 0.0953 e. The molecule has 3 heterocycles. The fourth-order valence-electron chi connectivity index (χ4n) is 3.18. The van der Waals surface area contributed by atoms with Crippen molar-refractivity contribution in [1.29, 1.82) is 0 Å². The minimum absolute atomic E-state index is 0. The molecule has 2 aliphatic heterocycles. The lowest BCUT2D eigenvalue weighted by Gasteiger charge is -2.32. The normalized spacial score (nSPS) is 24.4. The molecule has 1 atom stereocenters. The Morgan fingerprint density at radius 2 is 2.10 bits per heavy atom. The van der Waals surface area contributed by atoms with Crippen molar-refractivity contribution in [2.24, 2.45) is 0 Å². The summed E-state index contributed by atoms with van der Waals surface area (Å²) < 4.78 is 0. The van der Waals surface area contributed by atoms with Gasteiger partial charge in [0.1, 0.15) is 0 Å². The van der Waals surface area contributed by atoms with Crippen LogP contribution in [0.3, 0.4) is 0 Å². The van der Waals surface area contributed by atoms with E-state index in [9.17, 15) is 0 Å². The van der Waals surface area contributed by atoms with Gasteiger partial charge in [-0.05, 0) is 6.42 Å². The van der Waals surface area contributed by atoms with Crippen LogP contribution in [0.25, 0.3) is 0 Å². The minimum Gasteiger partial charge on any atom is -0.314 e. The lowest BCUT2D eigenvalue weighted by molar-refractivity contribution is 0.170. The first-order chi connectivity index (χ1) is 9.72. The van der Waals surface area contributed by atoms with Crippen LogP contribution in [0.4, 0.5) is 0 Å². The molecule has 0 bridgehead atoms. The van der Waals surface area contributed by atoms with Crippen molar-refractivity contribution in [2.45, 2.75) is 38.8 Å². The van der Waals surface area contributed by atoms with E-state index in [1.165, 1.54) is 42.5 Å². The third-order valence-electron chi connectivity index (χ3n) is 4.36. The maximum Gasteiger partial charge on any atom is 0.0953 e. The van der Waals surface area contributed by atoms with Gasteiger partial charge >= 0.3 is 0 Å². The van der Waals surface area contributed by atoms with Gasteiger partial charge in [-0.1, -0.05) is 13.8 Å². The Hall–Kier alpha value is -0.200. The highest BCUT2D eigenvalue weighted by molar-refractivity contribution is 7.11. The quantitative estimate of drug-likeness (QED) is 0.916. The van der Waals surface area contributed by atoms with Crippen molar-refractivity contribution in [3.8, 4) is 0 Å². The first kappa shape index (κ1) is 17.2. The van der Waals surface area contributed by atoms with Crippen molar-refractivity contribution >= 4 is 23.7 Å². The first-order valence-electron chi connectivity index (χ1n) is 7.84. The van der Waals surface area contributed by atoms with E-state index in [4.69, 9.17) is 0 Å². The number of halogens is 1. The third-order valence-corrected chi connectivity index (χ3v) is 5.64. The van der Waals surface area contributed by atoms with E-state index < -0.39 is 0 Å². The van der Waals surface area contributed by atoms with E-state index in [0.717, 1.165) is 25.7 Å². The second-order valence-corrected chi connectivity index (χ2v) is 7.43. The molecular formula is C15H27ClN4S. The molecule has 120 valence electrons. The molecule has 2 aliphatic rings. The highest BCUT2D eigenvalue weighted by atomic mass is 35.5. The largest absolute Gasteiger partial charge is 0.314 e. The minimum atomic E-state index is 0. The Bertz CT molecular complexity index is 431. The van der Waals surface area contributed by atoms with E-state index >= 15 is 0 Å². The molecule has 0 spiro atoms. The van der Waals surface area contributed by atoms with Crippen LogP contribution in [0, 0.1) is 0 Å². The number of thiazole rings is 1. The molecular weight excluding hydrogens is 304 g/mol. The lowest BCUT2D eigenvalue weighted by atomic mass is 10.2. The van der Waals surface area contributed by atoms with Crippen molar-refractivity contribution in [3.05, 3.63) is 16.1 Å². The van der Waals surface area contributed by atoms with E-state index in [2.05, 4.69) is 40.1 Å². The van der Waals surface area contributed by atoms with Gasteiger partial charge in [0.2, 0.25) is 0 Å². The predicted octanol–water partition coefficient (Wildman–Crippen LogP) is 2.17. The molecule has 0 amide bonds. The van der Waals surface area contributed by atoms with Gasteiger partial charge in [0.15, 0.2) is 0 Å². The monoisotopic (exact) mass is 330 g/mol. The molecule has 1 aromatic rings. The topological polar surface area (TPSA) is 31.4 Å². The Morgan fingerprint density at radius 1 is 1.33 bits per heavy atom. The predicted molar refractivity (Wildman–Crippen MR) is 91.6 cm³/mol.